The van der Waals surface area contributed by atoms with Crippen molar-refractivity contribution in [2.45, 2.75) is 25.7 Å². The lowest BCUT2D eigenvalue weighted by atomic mass is 10.0. The minimum atomic E-state index is 0.112. The van der Waals surface area contributed by atoms with E-state index in [4.69, 9.17) is 0 Å². The molecule has 1 N–H and O–H groups in total. The maximum absolute atomic E-state index is 12.1. The second kappa shape index (κ2) is 5.45. The normalized spacial score (nSPS) is 20.6. The Morgan fingerprint density at radius 2 is 2.30 bits per heavy atom. The molecule has 1 aliphatic carbocycles. The summed E-state index contributed by atoms with van der Waals surface area (Å²) in [6.07, 6.45) is 2.84. The van der Waals surface area contributed by atoms with Gasteiger partial charge in [-0.3, -0.25) is 4.79 Å². The Labute approximate surface area is 117 Å². The van der Waals surface area contributed by atoms with Crippen molar-refractivity contribution in [3.8, 4) is 0 Å². The number of hydrogen-bond acceptors (Lipinski definition) is 4. The minimum Gasteiger partial charge on any atom is -0.355 e. The molecule has 0 unspecified atom stereocenters. The molecule has 1 fully saturated rings. The number of aromatic nitrogens is 2. The summed E-state index contributed by atoms with van der Waals surface area (Å²) in [6, 6.07) is 8.28. The fourth-order valence-corrected chi connectivity index (χ4v) is 2.56. The summed E-state index contributed by atoms with van der Waals surface area (Å²) >= 11 is 0. The summed E-state index contributed by atoms with van der Waals surface area (Å²) < 4.78 is 4.65. The second-order valence-electron chi connectivity index (χ2n) is 5.19. The van der Waals surface area contributed by atoms with Crippen molar-refractivity contribution < 1.29 is 9.32 Å². The first-order valence-corrected chi connectivity index (χ1v) is 6.84. The van der Waals surface area contributed by atoms with Crippen molar-refractivity contribution in [3.05, 3.63) is 47.6 Å². The van der Waals surface area contributed by atoms with Crippen LogP contribution in [0.1, 0.15) is 29.3 Å². The molecule has 0 aliphatic heterocycles. The molecule has 0 radical (unpaired) electrons. The van der Waals surface area contributed by atoms with E-state index >= 15 is 0 Å². The number of nitrogens with zero attached hydrogens (tertiary/aromatic N) is 2. The number of carbonyl (C=O) groups is 1. The maximum Gasteiger partial charge on any atom is 0.223 e. The van der Waals surface area contributed by atoms with E-state index in [0.29, 0.717) is 24.7 Å². The van der Waals surface area contributed by atoms with Crippen molar-refractivity contribution in [2.75, 3.05) is 6.54 Å². The standard InChI is InChI=1S/C15H17N3O2/c1-10-4-2-3-5-11(10)12-8-13(12)15(19)16-7-6-14-17-9-20-18-14/h2-5,9,12-13H,6-8H2,1H3,(H,16,19)/t12-,13+/m1/s1. The van der Waals surface area contributed by atoms with Crippen molar-refractivity contribution in [1.82, 2.24) is 15.5 Å². The van der Waals surface area contributed by atoms with Crippen LogP contribution in [0.3, 0.4) is 0 Å². The van der Waals surface area contributed by atoms with Gasteiger partial charge in [-0.15, -0.1) is 0 Å². The third-order valence-electron chi connectivity index (χ3n) is 3.77. The first kappa shape index (κ1) is 12.8. The molecule has 5 nitrogen and oxygen atoms in total. The lowest BCUT2D eigenvalue weighted by molar-refractivity contribution is -0.122. The van der Waals surface area contributed by atoms with Gasteiger partial charge in [-0.25, -0.2) is 0 Å². The number of carbonyl (C=O) groups excluding carboxylic acids is 1. The lowest BCUT2D eigenvalue weighted by Crippen LogP contribution is -2.27. The van der Waals surface area contributed by atoms with E-state index < -0.39 is 0 Å². The molecule has 104 valence electrons. The third kappa shape index (κ3) is 2.71. The van der Waals surface area contributed by atoms with Crippen LogP contribution in [0.25, 0.3) is 0 Å². The first-order valence-electron chi connectivity index (χ1n) is 6.84. The molecule has 20 heavy (non-hydrogen) atoms. The highest BCUT2D eigenvalue weighted by molar-refractivity contribution is 5.83. The summed E-state index contributed by atoms with van der Waals surface area (Å²) in [6.45, 7) is 2.65. The van der Waals surface area contributed by atoms with Gasteiger partial charge in [0, 0.05) is 18.9 Å². The number of aryl methyl sites for hydroxylation is 1. The van der Waals surface area contributed by atoms with Crippen LogP contribution < -0.4 is 5.32 Å². The van der Waals surface area contributed by atoms with E-state index in [1.807, 2.05) is 12.1 Å². The smallest absolute Gasteiger partial charge is 0.223 e. The molecule has 0 bridgehead atoms. The Kier molecular flexibility index (Phi) is 3.50. The Hall–Kier alpha value is -2.17. The van der Waals surface area contributed by atoms with Gasteiger partial charge in [0.25, 0.3) is 0 Å². The fraction of sp³-hybridized carbons (Fsp3) is 0.400. The largest absolute Gasteiger partial charge is 0.355 e. The number of rotatable bonds is 5. The zero-order chi connectivity index (χ0) is 13.9. The molecule has 1 aliphatic rings. The molecule has 1 heterocycles. The second-order valence-corrected chi connectivity index (χ2v) is 5.19. The van der Waals surface area contributed by atoms with Crippen molar-refractivity contribution >= 4 is 5.91 Å². The zero-order valence-corrected chi connectivity index (χ0v) is 11.4. The topological polar surface area (TPSA) is 68.0 Å². The van der Waals surface area contributed by atoms with E-state index in [1.54, 1.807) is 0 Å². The van der Waals surface area contributed by atoms with Gasteiger partial charge in [0.05, 0.1) is 0 Å². The quantitative estimate of drug-likeness (QED) is 0.901. The molecule has 1 aromatic carbocycles. The summed E-state index contributed by atoms with van der Waals surface area (Å²) in [7, 11) is 0. The van der Waals surface area contributed by atoms with E-state index in [1.165, 1.54) is 17.5 Å². The van der Waals surface area contributed by atoms with Crippen LogP contribution in [0.5, 0.6) is 0 Å². The summed E-state index contributed by atoms with van der Waals surface area (Å²) in [4.78, 5) is 16.0. The minimum absolute atomic E-state index is 0.112. The number of hydrogen-bond donors (Lipinski definition) is 1. The molecule has 1 amide bonds. The molecule has 0 spiro atoms. The highest BCUT2D eigenvalue weighted by Crippen LogP contribution is 2.48. The number of nitrogens with one attached hydrogen (secondary N) is 1. The highest BCUT2D eigenvalue weighted by atomic mass is 16.5. The van der Waals surface area contributed by atoms with Gasteiger partial charge in [-0.2, -0.15) is 4.98 Å². The number of amides is 1. The molecule has 2 aromatic rings. The molecular formula is C15H17N3O2. The molecule has 0 saturated heterocycles. The van der Waals surface area contributed by atoms with Crippen LogP contribution in [-0.4, -0.2) is 22.6 Å². The first-order chi connectivity index (χ1) is 9.75. The SMILES string of the molecule is Cc1ccccc1[C@H]1C[C@@H]1C(=O)NCCc1ncon1. The Balaban J connectivity index is 1.49. The van der Waals surface area contributed by atoms with Crippen LogP contribution in [0.15, 0.2) is 35.2 Å². The number of benzene rings is 1. The van der Waals surface area contributed by atoms with Gasteiger partial charge in [0.2, 0.25) is 12.3 Å². The van der Waals surface area contributed by atoms with Gasteiger partial charge in [0.15, 0.2) is 5.82 Å². The fourth-order valence-electron chi connectivity index (χ4n) is 2.56. The molecule has 2 atom stereocenters. The van der Waals surface area contributed by atoms with E-state index in [-0.39, 0.29) is 11.8 Å². The van der Waals surface area contributed by atoms with Crippen molar-refractivity contribution in [2.24, 2.45) is 5.92 Å². The summed E-state index contributed by atoms with van der Waals surface area (Å²) in [5.74, 6) is 1.24. The lowest BCUT2D eigenvalue weighted by Gasteiger charge is -2.05. The van der Waals surface area contributed by atoms with Crippen LogP contribution in [0.2, 0.25) is 0 Å². The van der Waals surface area contributed by atoms with Crippen LogP contribution in [-0.2, 0) is 11.2 Å². The monoisotopic (exact) mass is 271 g/mol. The molecule has 5 heteroatoms. The van der Waals surface area contributed by atoms with Gasteiger partial charge >= 0.3 is 0 Å². The predicted molar refractivity (Wildman–Crippen MR) is 73.0 cm³/mol. The molecule has 1 aromatic heterocycles. The Bertz CT molecular complexity index is 595. The van der Waals surface area contributed by atoms with Crippen LogP contribution in [0.4, 0.5) is 0 Å². The van der Waals surface area contributed by atoms with Crippen molar-refractivity contribution in [3.63, 3.8) is 0 Å². The van der Waals surface area contributed by atoms with Crippen LogP contribution >= 0.6 is 0 Å². The molecular weight excluding hydrogens is 254 g/mol. The van der Waals surface area contributed by atoms with E-state index in [2.05, 4.69) is 39.0 Å². The van der Waals surface area contributed by atoms with E-state index in [9.17, 15) is 4.79 Å². The molecule has 1 saturated carbocycles. The van der Waals surface area contributed by atoms with Crippen molar-refractivity contribution in [1.29, 1.82) is 0 Å². The summed E-state index contributed by atoms with van der Waals surface area (Å²) in [5.41, 5.74) is 2.56. The Morgan fingerprint density at radius 1 is 1.45 bits per heavy atom. The van der Waals surface area contributed by atoms with Gasteiger partial charge in [-0.05, 0) is 30.4 Å². The van der Waals surface area contributed by atoms with Gasteiger partial charge in [0.1, 0.15) is 0 Å². The Morgan fingerprint density at radius 3 is 3.05 bits per heavy atom. The van der Waals surface area contributed by atoms with Gasteiger partial charge in [-0.1, -0.05) is 29.4 Å². The van der Waals surface area contributed by atoms with Gasteiger partial charge < -0.3 is 9.84 Å². The average molecular weight is 271 g/mol. The third-order valence-corrected chi connectivity index (χ3v) is 3.77. The van der Waals surface area contributed by atoms with Crippen LogP contribution in [0, 0.1) is 12.8 Å². The average Bonchev–Trinajstić information content (AvgIpc) is 3.07. The molecule has 3 rings (SSSR count). The predicted octanol–water partition coefficient (Wildman–Crippen LogP) is 1.84. The zero-order valence-electron chi connectivity index (χ0n) is 11.4. The highest BCUT2D eigenvalue weighted by Gasteiger charge is 2.44. The van der Waals surface area contributed by atoms with E-state index in [0.717, 1.165) is 6.42 Å². The summed E-state index contributed by atoms with van der Waals surface area (Å²) in [5, 5.41) is 6.65. The maximum atomic E-state index is 12.1.